The second-order valence-electron chi connectivity index (χ2n) is 10.3. The molecule has 11 nitrogen and oxygen atoms in total. The normalized spacial score (nSPS) is 24.3. The molecule has 3 atom stereocenters. The molecule has 2 bridgehead atoms. The highest BCUT2D eigenvalue weighted by atomic mass is 16.7. The fourth-order valence-electron chi connectivity index (χ4n) is 4.60. The molecule has 0 aromatic heterocycles. The third-order valence-electron chi connectivity index (χ3n) is 6.41. The molecule has 0 radical (unpaired) electrons. The number of amidine groups is 1. The number of hydroxylamine groups is 3. The number of carbonyl (C=O) groups is 3. The number of carbonyl (C=O) groups excluding carboxylic acids is 3. The fraction of sp³-hybridized carbons (Fsp3) is 0.600. The number of aliphatic imine (C=N–C) groups is 1. The Morgan fingerprint density at radius 3 is 2.58 bits per heavy atom. The van der Waals surface area contributed by atoms with E-state index in [-0.39, 0.29) is 24.1 Å². The van der Waals surface area contributed by atoms with E-state index in [2.05, 4.69) is 10.5 Å². The summed E-state index contributed by atoms with van der Waals surface area (Å²) < 4.78 is 5.23. The van der Waals surface area contributed by atoms with Crippen LogP contribution in [0, 0.1) is 0 Å². The first-order valence-electron chi connectivity index (χ1n) is 12.4. The summed E-state index contributed by atoms with van der Waals surface area (Å²) in [5.41, 5.74) is 2.92. The summed E-state index contributed by atoms with van der Waals surface area (Å²) in [5, 5.41) is 1.41. The third kappa shape index (κ3) is 6.33. The number of piperidine rings is 1. The highest BCUT2D eigenvalue weighted by Crippen LogP contribution is 2.30. The Morgan fingerprint density at radius 1 is 1.11 bits per heavy atom. The van der Waals surface area contributed by atoms with Gasteiger partial charge in [-0.3, -0.25) is 14.5 Å². The van der Waals surface area contributed by atoms with Crippen LogP contribution in [0.15, 0.2) is 35.3 Å². The Morgan fingerprint density at radius 2 is 1.86 bits per heavy atom. The van der Waals surface area contributed by atoms with Gasteiger partial charge in [0.2, 0.25) is 0 Å². The van der Waals surface area contributed by atoms with Crippen LogP contribution in [0.1, 0.15) is 52.5 Å². The predicted molar refractivity (Wildman–Crippen MR) is 131 cm³/mol. The summed E-state index contributed by atoms with van der Waals surface area (Å²) in [4.78, 5) is 56.7. The topological polar surface area (TPSA) is 113 Å². The predicted octanol–water partition coefficient (Wildman–Crippen LogP) is 2.86. The first kappa shape index (κ1) is 25.9. The van der Waals surface area contributed by atoms with Crippen LogP contribution in [0.25, 0.3) is 0 Å². The molecule has 3 aliphatic rings. The standard InChI is InChI=1S/C25H35N5O6/c1-17(26-23(32)35-25(2,3)4)28-13-12-20(15-28)36-27-22(31)21-11-10-19-14-29(21)24(33)30(19)34-16-18-8-6-5-7-9-18/h5-9,19-21H,10-16H2,1-4H3,(H,27,31)/b26-17+/t19-,20+,21+/m1/s1. The molecule has 3 saturated heterocycles. The summed E-state index contributed by atoms with van der Waals surface area (Å²) in [6, 6.07) is 8.68. The van der Waals surface area contributed by atoms with Gasteiger partial charge in [-0.05, 0) is 52.5 Å². The van der Waals surface area contributed by atoms with Gasteiger partial charge in [0.1, 0.15) is 30.2 Å². The van der Waals surface area contributed by atoms with E-state index in [1.165, 1.54) is 5.06 Å². The van der Waals surface area contributed by atoms with Crippen LogP contribution in [0.4, 0.5) is 9.59 Å². The van der Waals surface area contributed by atoms with Gasteiger partial charge >= 0.3 is 12.1 Å². The first-order chi connectivity index (χ1) is 17.1. The Kier molecular flexibility index (Phi) is 7.79. The van der Waals surface area contributed by atoms with Crippen LogP contribution < -0.4 is 5.48 Å². The van der Waals surface area contributed by atoms with E-state index in [0.717, 1.165) is 5.56 Å². The Bertz CT molecular complexity index is 994. The van der Waals surface area contributed by atoms with Crippen LogP contribution in [0.3, 0.4) is 0 Å². The quantitative estimate of drug-likeness (QED) is 0.362. The average molecular weight is 502 g/mol. The van der Waals surface area contributed by atoms with Gasteiger partial charge in [-0.15, -0.1) is 0 Å². The van der Waals surface area contributed by atoms with Gasteiger partial charge in [-0.2, -0.15) is 10.1 Å². The molecule has 1 N–H and O–H groups in total. The number of amides is 4. The minimum atomic E-state index is -0.634. The lowest BCUT2D eigenvalue weighted by molar-refractivity contribution is -0.143. The summed E-state index contributed by atoms with van der Waals surface area (Å²) >= 11 is 0. The van der Waals surface area contributed by atoms with Crippen molar-refractivity contribution in [2.24, 2.45) is 4.99 Å². The summed E-state index contributed by atoms with van der Waals surface area (Å²) in [6.07, 6.45) is 0.985. The van der Waals surface area contributed by atoms with Crippen LogP contribution in [-0.4, -0.2) is 82.2 Å². The molecule has 0 unspecified atom stereocenters. The SMILES string of the molecule is C/C(=N\C(=O)OC(C)(C)C)N1CC[C@H](ONC(=O)[C@@H]2CC[C@@H]3CN2C(=O)N3OCc2ccccc2)C1. The Balaban J connectivity index is 1.24. The van der Waals surface area contributed by atoms with E-state index in [4.69, 9.17) is 14.4 Å². The van der Waals surface area contributed by atoms with Crippen molar-refractivity contribution in [1.82, 2.24) is 20.3 Å². The zero-order valence-electron chi connectivity index (χ0n) is 21.3. The Labute approximate surface area is 211 Å². The number of ether oxygens (including phenoxy) is 1. The number of likely N-dealkylation sites (tertiary alicyclic amines) is 1. The zero-order chi connectivity index (χ0) is 25.9. The molecule has 4 amide bonds. The molecule has 0 saturated carbocycles. The van der Waals surface area contributed by atoms with E-state index in [0.29, 0.717) is 51.3 Å². The molecule has 0 aliphatic carbocycles. The minimum absolute atomic E-state index is 0.0678. The number of rotatable bonds is 6. The molecular formula is C25H35N5O6. The maximum absolute atomic E-state index is 12.9. The molecule has 3 heterocycles. The molecule has 4 rings (SSSR count). The van der Waals surface area contributed by atoms with Gasteiger partial charge < -0.3 is 14.5 Å². The van der Waals surface area contributed by atoms with E-state index in [1.807, 2.05) is 35.2 Å². The van der Waals surface area contributed by atoms with Crippen molar-refractivity contribution in [3.05, 3.63) is 35.9 Å². The Hall–Kier alpha value is -3.18. The third-order valence-corrected chi connectivity index (χ3v) is 6.41. The second-order valence-corrected chi connectivity index (χ2v) is 10.3. The number of benzene rings is 1. The second kappa shape index (κ2) is 10.8. The van der Waals surface area contributed by atoms with Gasteiger partial charge in [0, 0.05) is 19.6 Å². The van der Waals surface area contributed by atoms with Crippen LogP contribution in [0.5, 0.6) is 0 Å². The number of urea groups is 1. The van der Waals surface area contributed by atoms with Crippen molar-refractivity contribution in [3.63, 3.8) is 0 Å². The van der Waals surface area contributed by atoms with Gasteiger partial charge in [0.15, 0.2) is 0 Å². The maximum Gasteiger partial charge on any atom is 0.435 e. The molecule has 1 aromatic rings. The molecular weight excluding hydrogens is 466 g/mol. The van der Waals surface area contributed by atoms with Crippen molar-refractivity contribution in [2.45, 2.75) is 77.4 Å². The molecule has 1 aromatic carbocycles. The number of hydrogen-bond acceptors (Lipinski definition) is 6. The maximum atomic E-state index is 12.9. The summed E-state index contributed by atoms with van der Waals surface area (Å²) in [5.74, 6) is 0.197. The van der Waals surface area contributed by atoms with Crippen molar-refractivity contribution < 1.29 is 28.8 Å². The monoisotopic (exact) mass is 501 g/mol. The molecule has 196 valence electrons. The number of fused-ring (bicyclic) bond motifs is 2. The lowest BCUT2D eigenvalue weighted by Crippen LogP contribution is -2.50. The van der Waals surface area contributed by atoms with E-state index in [1.54, 1.807) is 32.6 Å². The lowest BCUT2D eigenvalue weighted by atomic mass is 10.0. The van der Waals surface area contributed by atoms with Gasteiger partial charge in [-0.1, -0.05) is 30.3 Å². The van der Waals surface area contributed by atoms with Crippen LogP contribution in [-0.2, 0) is 25.8 Å². The first-order valence-corrected chi connectivity index (χ1v) is 12.4. The van der Waals surface area contributed by atoms with Crippen LogP contribution in [0.2, 0.25) is 0 Å². The largest absolute Gasteiger partial charge is 0.442 e. The van der Waals surface area contributed by atoms with Crippen molar-refractivity contribution >= 4 is 23.9 Å². The smallest absolute Gasteiger partial charge is 0.435 e. The number of hydrogen-bond donors (Lipinski definition) is 1. The van der Waals surface area contributed by atoms with Crippen LogP contribution >= 0.6 is 0 Å². The van der Waals surface area contributed by atoms with E-state index >= 15 is 0 Å². The lowest BCUT2D eigenvalue weighted by Gasteiger charge is -2.29. The van der Waals surface area contributed by atoms with E-state index in [9.17, 15) is 14.4 Å². The summed E-state index contributed by atoms with van der Waals surface area (Å²) in [6.45, 7) is 8.97. The molecule has 36 heavy (non-hydrogen) atoms. The number of nitrogens with zero attached hydrogens (tertiary/aromatic N) is 4. The van der Waals surface area contributed by atoms with Crippen molar-refractivity contribution in [1.29, 1.82) is 0 Å². The van der Waals surface area contributed by atoms with Gasteiger partial charge in [-0.25, -0.2) is 15.1 Å². The van der Waals surface area contributed by atoms with Crippen molar-refractivity contribution in [3.8, 4) is 0 Å². The fourth-order valence-corrected chi connectivity index (χ4v) is 4.60. The molecule has 3 fully saturated rings. The average Bonchev–Trinajstić information content (AvgIpc) is 3.39. The van der Waals surface area contributed by atoms with Gasteiger partial charge in [0.25, 0.3) is 5.91 Å². The summed E-state index contributed by atoms with van der Waals surface area (Å²) in [7, 11) is 0. The molecule has 11 heteroatoms. The number of nitrogens with one attached hydrogen (secondary N) is 1. The molecule has 3 aliphatic heterocycles. The van der Waals surface area contributed by atoms with Gasteiger partial charge in [0.05, 0.1) is 6.04 Å². The molecule has 0 spiro atoms. The highest BCUT2D eigenvalue weighted by molar-refractivity contribution is 5.90. The zero-order valence-corrected chi connectivity index (χ0v) is 21.3. The minimum Gasteiger partial charge on any atom is -0.442 e. The van der Waals surface area contributed by atoms with Crippen molar-refractivity contribution in [2.75, 3.05) is 19.6 Å². The van der Waals surface area contributed by atoms with E-state index < -0.39 is 17.7 Å². The highest BCUT2D eigenvalue weighted by Gasteiger charge is 2.48.